The van der Waals surface area contributed by atoms with Crippen molar-refractivity contribution in [2.75, 3.05) is 0 Å². The molecule has 3 aliphatic rings. The molecule has 0 heterocycles. The topological polar surface area (TPSA) is 34.1 Å². The van der Waals surface area contributed by atoms with Crippen molar-refractivity contribution in [1.82, 2.24) is 0 Å². The summed E-state index contributed by atoms with van der Waals surface area (Å²) in [6.07, 6.45) is 3.83. The number of rotatable bonds is 2. The van der Waals surface area contributed by atoms with E-state index in [2.05, 4.69) is 0 Å². The van der Waals surface area contributed by atoms with Crippen molar-refractivity contribution in [2.45, 2.75) is 29.6 Å². The van der Waals surface area contributed by atoms with Crippen molar-refractivity contribution >= 4 is 19.7 Å². The van der Waals surface area contributed by atoms with Gasteiger partial charge >= 0.3 is 0 Å². The summed E-state index contributed by atoms with van der Waals surface area (Å²) in [5, 5.41) is 0. The summed E-state index contributed by atoms with van der Waals surface area (Å²) >= 11 is 0. The Labute approximate surface area is 93.7 Å². The van der Waals surface area contributed by atoms with Crippen LogP contribution in [0, 0.1) is 5.92 Å². The molecule has 0 saturated heterocycles. The molecule has 1 aromatic rings. The summed E-state index contributed by atoms with van der Waals surface area (Å²) < 4.78 is 22.1. The molecule has 0 radical (unpaired) electrons. The molecule has 15 heavy (non-hydrogen) atoms. The molecule has 2 bridgehead atoms. The minimum atomic E-state index is -3.57. The van der Waals surface area contributed by atoms with Gasteiger partial charge in [-0.25, -0.2) is 8.42 Å². The van der Waals surface area contributed by atoms with Gasteiger partial charge in [-0.3, -0.25) is 0 Å². The van der Waals surface area contributed by atoms with Crippen molar-refractivity contribution < 1.29 is 8.42 Å². The quantitative estimate of drug-likeness (QED) is 0.748. The van der Waals surface area contributed by atoms with Gasteiger partial charge in [-0.2, -0.15) is 0 Å². The fourth-order valence-electron chi connectivity index (χ4n) is 2.80. The van der Waals surface area contributed by atoms with Crippen LogP contribution in [0.15, 0.2) is 29.2 Å². The van der Waals surface area contributed by atoms with E-state index in [1.165, 1.54) is 24.8 Å². The van der Waals surface area contributed by atoms with Crippen LogP contribution in [0.4, 0.5) is 0 Å². The number of hydrogen-bond donors (Lipinski definition) is 0. The van der Waals surface area contributed by atoms with Crippen LogP contribution in [0.3, 0.4) is 0 Å². The fraction of sp³-hybridized carbons (Fsp3) is 0.455. The lowest BCUT2D eigenvalue weighted by Gasteiger charge is -2.62. The molecule has 0 spiro atoms. The van der Waals surface area contributed by atoms with Crippen molar-refractivity contribution in [3.63, 3.8) is 0 Å². The molecule has 0 amide bonds. The van der Waals surface area contributed by atoms with Gasteiger partial charge in [-0.1, -0.05) is 12.1 Å². The molecular weight excluding hydrogens is 232 g/mol. The first-order chi connectivity index (χ1) is 7.00. The predicted octanol–water partition coefficient (Wildman–Crippen LogP) is 2.67. The van der Waals surface area contributed by atoms with Crippen LogP contribution in [0.1, 0.15) is 24.8 Å². The maximum Gasteiger partial charge on any atom is 0.261 e. The average Bonchev–Trinajstić information content (AvgIpc) is 1.97. The molecular formula is C11H11ClO2S. The molecule has 2 nitrogen and oxygen atoms in total. The molecule has 4 rings (SSSR count). The Morgan fingerprint density at radius 2 is 1.67 bits per heavy atom. The molecule has 3 fully saturated rings. The first kappa shape index (κ1) is 9.67. The van der Waals surface area contributed by atoms with E-state index >= 15 is 0 Å². The van der Waals surface area contributed by atoms with Crippen LogP contribution < -0.4 is 0 Å². The first-order valence-electron chi connectivity index (χ1n) is 5.05. The minimum absolute atomic E-state index is 0.194. The van der Waals surface area contributed by atoms with Crippen LogP contribution >= 0.6 is 10.7 Å². The Morgan fingerprint density at radius 3 is 2.00 bits per heavy atom. The second-order valence-corrected chi connectivity index (χ2v) is 7.29. The minimum Gasteiger partial charge on any atom is -0.207 e. The highest BCUT2D eigenvalue weighted by Crippen LogP contribution is 2.65. The Hall–Kier alpha value is -0.540. The molecule has 1 aromatic carbocycles. The zero-order valence-electron chi connectivity index (χ0n) is 8.11. The van der Waals surface area contributed by atoms with E-state index in [9.17, 15) is 8.42 Å². The molecule has 0 aliphatic heterocycles. The van der Waals surface area contributed by atoms with Gasteiger partial charge in [0.2, 0.25) is 0 Å². The second kappa shape index (κ2) is 2.77. The van der Waals surface area contributed by atoms with Gasteiger partial charge in [0, 0.05) is 10.7 Å². The SMILES string of the molecule is O=S(=O)(Cl)c1ccc(C23CC(C2)C3)cc1. The summed E-state index contributed by atoms with van der Waals surface area (Å²) in [4.78, 5) is 0.194. The lowest BCUT2D eigenvalue weighted by molar-refractivity contribution is -0.0274. The smallest absolute Gasteiger partial charge is 0.207 e. The Morgan fingerprint density at radius 1 is 1.13 bits per heavy atom. The zero-order chi connectivity index (χ0) is 10.7. The average molecular weight is 243 g/mol. The molecule has 3 saturated carbocycles. The van der Waals surface area contributed by atoms with E-state index in [0.29, 0.717) is 5.41 Å². The third kappa shape index (κ3) is 1.33. The van der Waals surface area contributed by atoms with Gasteiger partial charge in [-0.05, 0) is 48.3 Å². The van der Waals surface area contributed by atoms with E-state index in [1.807, 2.05) is 12.1 Å². The third-order valence-electron chi connectivity index (χ3n) is 3.79. The molecule has 0 unspecified atom stereocenters. The monoisotopic (exact) mass is 242 g/mol. The first-order valence-corrected chi connectivity index (χ1v) is 7.36. The van der Waals surface area contributed by atoms with Gasteiger partial charge in [0.1, 0.15) is 0 Å². The molecule has 80 valence electrons. The van der Waals surface area contributed by atoms with Crippen molar-refractivity contribution in [2.24, 2.45) is 5.92 Å². The van der Waals surface area contributed by atoms with Crippen molar-refractivity contribution in [3.8, 4) is 0 Å². The van der Waals surface area contributed by atoms with E-state index in [1.54, 1.807) is 12.1 Å². The Kier molecular flexibility index (Phi) is 1.79. The number of benzene rings is 1. The molecule has 0 aromatic heterocycles. The van der Waals surface area contributed by atoms with Crippen LogP contribution in [-0.4, -0.2) is 8.42 Å². The van der Waals surface area contributed by atoms with E-state index < -0.39 is 9.05 Å². The lowest BCUT2D eigenvalue weighted by Crippen LogP contribution is -2.55. The lowest BCUT2D eigenvalue weighted by atomic mass is 9.42. The molecule has 3 aliphatic carbocycles. The molecule has 0 N–H and O–H groups in total. The van der Waals surface area contributed by atoms with E-state index in [4.69, 9.17) is 10.7 Å². The fourth-order valence-corrected chi connectivity index (χ4v) is 3.57. The van der Waals surface area contributed by atoms with E-state index in [-0.39, 0.29) is 4.90 Å². The predicted molar refractivity (Wildman–Crippen MR) is 58.5 cm³/mol. The third-order valence-corrected chi connectivity index (χ3v) is 5.16. The molecule has 0 atom stereocenters. The van der Waals surface area contributed by atoms with E-state index in [0.717, 1.165) is 5.92 Å². The van der Waals surface area contributed by atoms with Gasteiger partial charge in [0.25, 0.3) is 9.05 Å². The van der Waals surface area contributed by atoms with Crippen LogP contribution in [-0.2, 0) is 14.5 Å². The van der Waals surface area contributed by atoms with Gasteiger partial charge in [-0.15, -0.1) is 0 Å². The highest BCUT2D eigenvalue weighted by molar-refractivity contribution is 8.13. The van der Waals surface area contributed by atoms with Crippen LogP contribution in [0.5, 0.6) is 0 Å². The standard InChI is InChI=1S/C11H11ClO2S/c12-15(13,14)10-3-1-9(2-4-10)11-5-8(6-11)7-11/h1-4,8H,5-7H2. The normalized spacial score (nSPS) is 33.0. The summed E-state index contributed by atoms with van der Waals surface area (Å²) in [5.41, 5.74) is 1.66. The van der Waals surface area contributed by atoms with Crippen LogP contribution in [0.25, 0.3) is 0 Å². The number of hydrogen-bond acceptors (Lipinski definition) is 2. The Bertz CT molecular complexity index is 487. The highest BCUT2D eigenvalue weighted by atomic mass is 35.7. The maximum absolute atomic E-state index is 11.1. The summed E-state index contributed by atoms with van der Waals surface area (Å²) in [6, 6.07) is 7.03. The van der Waals surface area contributed by atoms with Crippen molar-refractivity contribution in [1.29, 1.82) is 0 Å². The van der Waals surface area contributed by atoms with Crippen LogP contribution in [0.2, 0.25) is 0 Å². The van der Waals surface area contributed by atoms with Gasteiger partial charge in [0.05, 0.1) is 4.90 Å². The largest absolute Gasteiger partial charge is 0.261 e. The summed E-state index contributed by atoms with van der Waals surface area (Å²) in [5.74, 6) is 0.932. The summed E-state index contributed by atoms with van der Waals surface area (Å²) in [7, 11) is 1.69. The van der Waals surface area contributed by atoms with Crippen molar-refractivity contribution in [3.05, 3.63) is 29.8 Å². The maximum atomic E-state index is 11.1. The molecule has 4 heteroatoms. The summed E-state index contributed by atoms with van der Waals surface area (Å²) in [6.45, 7) is 0. The Balaban J connectivity index is 1.94. The number of halogens is 1. The zero-order valence-corrected chi connectivity index (χ0v) is 9.68. The van der Waals surface area contributed by atoms with Gasteiger partial charge in [0.15, 0.2) is 0 Å². The second-order valence-electron chi connectivity index (χ2n) is 4.72. The van der Waals surface area contributed by atoms with Gasteiger partial charge < -0.3 is 0 Å². The highest BCUT2D eigenvalue weighted by Gasteiger charge is 2.57.